The number of halogens is 1. The van der Waals surface area contributed by atoms with Crippen LogP contribution in [0, 0.1) is 26.6 Å². The van der Waals surface area contributed by atoms with Crippen LogP contribution in [-0.2, 0) is 0 Å². The molecule has 1 atom stereocenters. The van der Waals surface area contributed by atoms with E-state index in [-0.39, 0.29) is 11.9 Å². The lowest BCUT2D eigenvalue weighted by Gasteiger charge is -2.22. The van der Waals surface area contributed by atoms with Crippen LogP contribution >= 0.6 is 0 Å². The third-order valence-electron chi connectivity index (χ3n) is 3.59. The minimum absolute atomic E-state index is 0.0961. The van der Waals surface area contributed by atoms with Crippen molar-refractivity contribution in [2.45, 2.75) is 33.7 Å². The smallest absolute Gasteiger partial charge is 0.128 e. The van der Waals surface area contributed by atoms with Gasteiger partial charge in [-0.3, -0.25) is 0 Å². The predicted octanol–water partition coefficient (Wildman–Crippen LogP) is 4.45. The molecule has 1 N–H and O–H groups in total. The zero-order chi connectivity index (χ0) is 14.7. The molecule has 0 radical (unpaired) electrons. The van der Waals surface area contributed by atoms with Gasteiger partial charge in [0.05, 0.1) is 6.04 Å². The third kappa shape index (κ3) is 3.07. The highest BCUT2D eigenvalue weighted by Gasteiger charge is 2.19. The first-order valence-electron chi connectivity index (χ1n) is 7.09. The van der Waals surface area contributed by atoms with Crippen LogP contribution in [0.1, 0.15) is 40.8 Å². The Hall–Kier alpha value is -1.67. The van der Waals surface area contributed by atoms with Crippen LogP contribution in [0.2, 0.25) is 0 Å². The molecule has 0 bridgehead atoms. The van der Waals surface area contributed by atoms with E-state index in [1.165, 1.54) is 5.56 Å². The molecule has 20 heavy (non-hydrogen) atoms. The van der Waals surface area contributed by atoms with Crippen molar-refractivity contribution in [3.63, 3.8) is 0 Å². The fraction of sp³-hybridized carbons (Fsp3) is 0.333. The van der Waals surface area contributed by atoms with E-state index in [1.54, 1.807) is 6.07 Å². The summed E-state index contributed by atoms with van der Waals surface area (Å²) >= 11 is 0. The summed E-state index contributed by atoms with van der Waals surface area (Å²) in [6, 6.07) is 11.8. The normalized spacial score (nSPS) is 12.4. The summed E-state index contributed by atoms with van der Waals surface area (Å²) in [7, 11) is 0. The monoisotopic (exact) mass is 271 g/mol. The fourth-order valence-corrected chi connectivity index (χ4v) is 2.64. The number of aryl methyl sites for hydroxylation is 3. The average Bonchev–Trinajstić information content (AvgIpc) is 2.37. The van der Waals surface area contributed by atoms with Crippen LogP contribution in [0.25, 0.3) is 0 Å². The molecule has 0 aliphatic heterocycles. The van der Waals surface area contributed by atoms with Gasteiger partial charge < -0.3 is 5.32 Å². The Morgan fingerprint density at radius 1 is 1.00 bits per heavy atom. The van der Waals surface area contributed by atoms with Crippen molar-refractivity contribution in [2.24, 2.45) is 0 Å². The van der Waals surface area contributed by atoms with Crippen LogP contribution < -0.4 is 5.32 Å². The molecule has 0 saturated carbocycles. The maximum atomic E-state index is 14.4. The molecule has 1 nitrogen and oxygen atoms in total. The Labute approximate surface area is 120 Å². The van der Waals surface area contributed by atoms with Gasteiger partial charge in [0.2, 0.25) is 0 Å². The van der Waals surface area contributed by atoms with Crippen LogP contribution in [-0.4, -0.2) is 6.54 Å². The first-order valence-corrected chi connectivity index (χ1v) is 7.09. The molecule has 0 saturated heterocycles. The van der Waals surface area contributed by atoms with Gasteiger partial charge in [0.15, 0.2) is 0 Å². The van der Waals surface area contributed by atoms with E-state index in [9.17, 15) is 4.39 Å². The third-order valence-corrected chi connectivity index (χ3v) is 3.59. The molecule has 0 aliphatic rings. The van der Waals surface area contributed by atoms with Crippen LogP contribution in [0.15, 0.2) is 36.4 Å². The minimum Gasteiger partial charge on any atom is -0.306 e. The zero-order valence-corrected chi connectivity index (χ0v) is 12.6. The van der Waals surface area contributed by atoms with E-state index < -0.39 is 0 Å². The van der Waals surface area contributed by atoms with Crippen LogP contribution in [0.5, 0.6) is 0 Å². The predicted molar refractivity (Wildman–Crippen MR) is 82.6 cm³/mol. The van der Waals surface area contributed by atoms with Gasteiger partial charge >= 0.3 is 0 Å². The molecular formula is C18H22FN. The number of nitrogens with one attached hydrogen (secondary N) is 1. The second-order valence-corrected chi connectivity index (χ2v) is 5.38. The summed E-state index contributed by atoms with van der Waals surface area (Å²) in [6.07, 6.45) is 0. The lowest BCUT2D eigenvalue weighted by Crippen LogP contribution is -2.24. The number of hydrogen-bond acceptors (Lipinski definition) is 1. The number of hydrogen-bond donors (Lipinski definition) is 1. The lowest BCUT2D eigenvalue weighted by atomic mass is 9.92. The standard InChI is InChI=1S/C18H22FN/c1-5-20-18(15-8-6-12(2)7-9-15)17-14(4)10-13(3)11-16(17)19/h6-11,18,20H,5H2,1-4H3. The van der Waals surface area contributed by atoms with Crippen molar-refractivity contribution < 1.29 is 4.39 Å². The second kappa shape index (κ2) is 6.19. The summed E-state index contributed by atoms with van der Waals surface area (Å²) in [5.74, 6) is -0.131. The van der Waals surface area contributed by atoms with E-state index >= 15 is 0 Å². The maximum Gasteiger partial charge on any atom is 0.128 e. The molecule has 0 fully saturated rings. The van der Waals surface area contributed by atoms with Crippen molar-refractivity contribution in [3.05, 3.63) is 70.0 Å². The maximum absolute atomic E-state index is 14.4. The van der Waals surface area contributed by atoms with E-state index in [4.69, 9.17) is 0 Å². The second-order valence-electron chi connectivity index (χ2n) is 5.38. The molecule has 2 aromatic carbocycles. The molecule has 0 aromatic heterocycles. The Morgan fingerprint density at radius 2 is 1.65 bits per heavy atom. The highest BCUT2D eigenvalue weighted by Crippen LogP contribution is 2.28. The Bertz CT molecular complexity index is 564. The molecule has 2 heteroatoms. The highest BCUT2D eigenvalue weighted by molar-refractivity contribution is 5.40. The largest absolute Gasteiger partial charge is 0.306 e. The van der Waals surface area contributed by atoms with Gasteiger partial charge in [-0.25, -0.2) is 4.39 Å². The van der Waals surface area contributed by atoms with Gasteiger partial charge in [-0.15, -0.1) is 0 Å². The Morgan fingerprint density at radius 3 is 2.20 bits per heavy atom. The van der Waals surface area contributed by atoms with E-state index in [1.807, 2.05) is 26.8 Å². The summed E-state index contributed by atoms with van der Waals surface area (Å²) in [6.45, 7) is 8.80. The molecule has 2 rings (SSSR count). The van der Waals surface area contributed by atoms with Crippen molar-refractivity contribution >= 4 is 0 Å². The molecule has 0 spiro atoms. The van der Waals surface area contributed by atoms with Crippen molar-refractivity contribution in [2.75, 3.05) is 6.54 Å². The fourth-order valence-electron chi connectivity index (χ4n) is 2.64. The first-order chi connectivity index (χ1) is 9.52. The van der Waals surface area contributed by atoms with Gasteiger partial charge in [0.25, 0.3) is 0 Å². The summed E-state index contributed by atoms with van der Waals surface area (Å²) in [4.78, 5) is 0. The van der Waals surface area contributed by atoms with Gasteiger partial charge in [-0.05, 0) is 50.1 Å². The molecule has 0 heterocycles. The minimum atomic E-state index is -0.131. The van der Waals surface area contributed by atoms with Crippen molar-refractivity contribution in [1.82, 2.24) is 5.32 Å². The average molecular weight is 271 g/mol. The molecule has 1 unspecified atom stereocenters. The van der Waals surface area contributed by atoms with E-state index in [0.717, 1.165) is 28.8 Å². The van der Waals surface area contributed by atoms with Crippen molar-refractivity contribution in [3.8, 4) is 0 Å². The zero-order valence-electron chi connectivity index (χ0n) is 12.6. The molecule has 0 amide bonds. The number of benzene rings is 2. The number of rotatable bonds is 4. The first kappa shape index (κ1) is 14.7. The highest BCUT2D eigenvalue weighted by atomic mass is 19.1. The SMILES string of the molecule is CCNC(c1ccc(C)cc1)c1c(C)cc(C)cc1F. The van der Waals surface area contributed by atoms with Gasteiger partial charge in [-0.1, -0.05) is 42.8 Å². The Balaban J connectivity index is 2.51. The molecular weight excluding hydrogens is 249 g/mol. The van der Waals surface area contributed by atoms with Crippen LogP contribution in [0.3, 0.4) is 0 Å². The quantitative estimate of drug-likeness (QED) is 0.866. The summed E-state index contributed by atoms with van der Waals surface area (Å²) in [5.41, 5.74) is 5.02. The van der Waals surface area contributed by atoms with Gasteiger partial charge in [0, 0.05) is 5.56 Å². The molecule has 106 valence electrons. The lowest BCUT2D eigenvalue weighted by molar-refractivity contribution is 0.555. The molecule has 2 aromatic rings. The summed E-state index contributed by atoms with van der Waals surface area (Å²) < 4.78 is 14.4. The van der Waals surface area contributed by atoms with Crippen molar-refractivity contribution in [1.29, 1.82) is 0 Å². The summed E-state index contributed by atoms with van der Waals surface area (Å²) in [5, 5.41) is 3.40. The molecule has 0 aliphatic carbocycles. The van der Waals surface area contributed by atoms with E-state index in [2.05, 4.69) is 36.5 Å². The topological polar surface area (TPSA) is 12.0 Å². The van der Waals surface area contributed by atoms with E-state index in [0.29, 0.717) is 0 Å². The Kier molecular flexibility index (Phi) is 4.56. The van der Waals surface area contributed by atoms with Gasteiger partial charge in [0.1, 0.15) is 5.82 Å². The van der Waals surface area contributed by atoms with Gasteiger partial charge in [-0.2, -0.15) is 0 Å². The van der Waals surface area contributed by atoms with Crippen LogP contribution in [0.4, 0.5) is 4.39 Å².